The van der Waals surface area contributed by atoms with E-state index in [-0.39, 0.29) is 49.2 Å². The maximum atomic E-state index is 13.5. The molecular formula is C22H20F2N4O5. The molecule has 4 rings (SSSR count). The van der Waals surface area contributed by atoms with E-state index in [0.717, 1.165) is 12.1 Å². The van der Waals surface area contributed by atoms with Gasteiger partial charge in [-0.3, -0.25) is 19.7 Å². The number of benzene rings is 2. The Bertz CT molecular complexity index is 1170. The molecule has 1 fully saturated rings. The zero-order chi connectivity index (χ0) is 23.7. The molecule has 3 N–H and O–H groups in total. The van der Waals surface area contributed by atoms with E-state index in [9.17, 15) is 28.0 Å². The zero-order valence-electron chi connectivity index (χ0n) is 17.5. The molecule has 1 atom stereocenters. The SMILES string of the molecule is COc1cc(F)c(F)cc1NC(=O)NCc1ccc2c(c1)CN(C1CCC(=O)NC1=O)C2=O. The second kappa shape index (κ2) is 8.85. The first-order valence-electron chi connectivity index (χ1n) is 10.1. The van der Waals surface area contributed by atoms with Crippen LogP contribution in [0.25, 0.3) is 0 Å². The van der Waals surface area contributed by atoms with Gasteiger partial charge in [-0.05, 0) is 23.6 Å². The van der Waals surface area contributed by atoms with Crippen molar-refractivity contribution in [3.05, 3.63) is 58.7 Å². The van der Waals surface area contributed by atoms with Crippen molar-refractivity contribution in [2.45, 2.75) is 32.0 Å². The molecule has 11 heteroatoms. The molecule has 0 bridgehead atoms. The molecule has 9 nitrogen and oxygen atoms in total. The predicted molar refractivity (Wildman–Crippen MR) is 111 cm³/mol. The van der Waals surface area contributed by atoms with Crippen LogP contribution < -0.4 is 20.7 Å². The molecule has 1 unspecified atom stereocenters. The van der Waals surface area contributed by atoms with Gasteiger partial charge in [0.05, 0.1) is 12.8 Å². The van der Waals surface area contributed by atoms with Crippen LogP contribution in [0.4, 0.5) is 19.3 Å². The van der Waals surface area contributed by atoms with Crippen molar-refractivity contribution in [3.8, 4) is 5.75 Å². The maximum absolute atomic E-state index is 13.5. The number of fused-ring (bicyclic) bond motifs is 1. The molecule has 2 aromatic rings. The van der Waals surface area contributed by atoms with Gasteiger partial charge in [0.25, 0.3) is 5.91 Å². The fraction of sp³-hybridized carbons (Fsp3) is 0.273. The number of methoxy groups -OCH3 is 1. The fourth-order valence-corrected chi connectivity index (χ4v) is 3.88. The summed E-state index contributed by atoms with van der Waals surface area (Å²) in [4.78, 5) is 49.9. The Morgan fingerprint density at radius 2 is 1.94 bits per heavy atom. The van der Waals surface area contributed by atoms with Crippen molar-refractivity contribution in [2.75, 3.05) is 12.4 Å². The Morgan fingerprint density at radius 1 is 1.18 bits per heavy atom. The summed E-state index contributed by atoms with van der Waals surface area (Å²) in [6, 6.07) is 5.31. The highest BCUT2D eigenvalue weighted by Crippen LogP contribution is 2.29. The number of carbonyl (C=O) groups is 4. The summed E-state index contributed by atoms with van der Waals surface area (Å²) < 4.78 is 31.8. The average molecular weight is 458 g/mol. The minimum Gasteiger partial charge on any atom is -0.494 e. The first-order valence-corrected chi connectivity index (χ1v) is 10.1. The number of nitrogens with one attached hydrogen (secondary N) is 3. The number of hydrogen-bond acceptors (Lipinski definition) is 5. The van der Waals surface area contributed by atoms with E-state index in [1.165, 1.54) is 12.0 Å². The number of anilines is 1. The third-order valence-corrected chi connectivity index (χ3v) is 5.53. The molecule has 33 heavy (non-hydrogen) atoms. The number of carbonyl (C=O) groups excluding carboxylic acids is 4. The van der Waals surface area contributed by atoms with Crippen LogP contribution in [0.2, 0.25) is 0 Å². The molecule has 0 aromatic heterocycles. The number of urea groups is 1. The van der Waals surface area contributed by atoms with Crippen molar-refractivity contribution >= 4 is 29.4 Å². The Kier molecular flexibility index (Phi) is 5.95. The highest BCUT2D eigenvalue weighted by atomic mass is 19.2. The lowest BCUT2D eigenvalue weighted by atomic mass is 10.0. The van der Waals surface area contributed by atoms with Gasteiger partial charge in [-0.1, -0.05) is 12.1 Å². The van der Waals surface area contributed by atoms with Crippen molar-refractivity contribution in [1.29, 1.82) is 0 Å². The molecule has 0 saturated carbocycles. The number of rotatable bonds is 5. The summed E-state index contributed by atoms with van der Waals surface area (Å²) in [6.07, 6.45) is 0.440. The lowest BCUT2D eigenvalue weighted by Crippen LogP contribution is -2.52. The molecule has 0 aliphatic carbocycles. The normalized spacial score (nSPS) is 17.5. The van der Waals surface area contributed by atoms with Crippen molar-refractivity contribution in [1.82, 2.24) is 15.5 Å². The number of imide groups is 1. The van der Waals surface area contributed by atoms with Gasteiger partial charge in [0.2, 0.25) is 11.8 Å². The smallest absolute Gasteiger partial charge is 0.319 e. The maximum Gasteiger partial charge on any atom is 0.319 e. The summed E-state index contributed by atoms with van der Waals surface area (Å²) in [6.45, 7) is 0.310. The van der Waals surface area contributed by atoms with Gasteiger partial charge in [0.15, 0.2) is 11.6 Å². The standard InChI is InChI=1S/C22H20F2N4O5/c1-33-18-8-15(24)14(23)7-16(18)26-22(32)25-9-11-2-3-13-12(6-11)10-28(21(13)31)17-4-5-19(29)27-20(17)30/h2-3,6-8,17H,4-5,9-10H2,1H3,(H2,25,26,32)(H,27,29,30). The van der Waals surface area contributed by atoms with Crippen LogP contribution in [0.15, 0.2) is 30.3 Å². The van der Waals surface area contributed by atoms with Crippen LogP contribution in [-0.2, 0) is 22.7 Å². The van der Waals surface area contributed by atoms with E-state index < -0.39 is 29.6 Å². The zero-order valence-corrected chi connectivity index (χ0v) is 17.5. The van der Waals surface area contributed by atoms with Gasteiger partial charge >= 0.3 is 6.03 Å². The van der Waals surface area contributed by atoms with Gasteiger partial charge in [0.1, 0.15) is 11.8 Å². The molecule has 5 amide bonds. The molecule has 0 spiro atoms. The van der Waals surface area contributed by atoms with Gasteiger partial charge in [-0.15, -0.1) is 0 Å². The number of halogens is 2. The lowest BCUT2D eigenvalue weighted by molar-refractivity contribution is -0.136. The summed E-state index contributed by atoms with van der Waals surface area (Å²) in [5, 5.41) is 7.25. The molecule has 2 aliphatic heterocycles. The summed E-state index contributed by atoms with van der Waals surface area (Å²) >= 11 is 0. The molecule has 0 radical (unpaired) electrons. The van der Waals surface area contributed by atoms with Gasteiger partial charge in [0, 0.05) is 37.2 Å². The number of amides is 5. The number of piperidine rings is 1. The van der Waals surface area contributed by atoms with Crippen LogP contribution in [0.3, 0.4) is 0 Å². The van der Waals surface area contributed by atoms with E-state index in [2.05, 4.69) is 16.0 Å². The topological polar surface area (TPSA) is 117 Å². The first kappa shape index (κ1) is 22.2. The van der Waals surface area contributed by atoms with E-state index in [0.29, 0.717) is 16.7 Å². The summed E-state index contributed by atoms with van der Waals surface area (Å²) in [5.41, 5.74) is 1.82. The van der Waals surface area contributed by atoms with Crippen LogP contribution in [0.1, 0.15) is 34.3 Å². The Labute approximate surface area is 187 Å². The van der Waals surface area contributed by atoms with Crippen LogP contribution >= 0.6 is 0 Å². The molecule has 2 aromatic carbocycles. The minimum atomic E-state index is -1.13. The third kappa shape index (κ3) is 4.47. The largest absolute Gasteiger partial charge is 0.494 e. The van der Waals surface area contributed by atoms with Crippen LogP contribution in [0.5, 0.6) is 5.75 Å². The monoisotopic (exact) mass is 458 g/mol. The molecule has 1 saturated heterocycles. The second-order valence-corrected chi connectivity index (χ2v) is 7.67. The van der Waals surface area contributed by atoms with E-state index in [4.69, 9.17) is 4.74 Å². The van der Waals surface area contributed by atoms with Crippen LogP contribution in [-0.4, -0.2) is 41.8 Å². The number of nitrogens with zero attached hydrogens (tertiary/aromatic N) is 1. The Hall–Kier alpha value is -4.02. The van der Waals surface area contributed by atoms with E-state index in [1.807, 2.05) is 0 Å². The molecular weight excluding hydrogens is 438 g/mol. The van der Waals surface area contributed by atoms with Crippen molar-refractivity contribution in [2.24, 2.45) is 0 Å². The summed E-state index contributed by atoms with van der Waals surface area (Å²) in [5.74, 6) is -3.39. The highest BCUT2D eigenvalue weighted by molar-refractivity contribution is 6.05. The van der Waals surface area contributed by atoms with Gasteiger partial charge in [-0.2, -0.15) is 0 Å². The fourth-order valence-electron chi connectivity index (χ4n) is 3.88. The average Bonchev–Trinajstić information content (AvgIpc) is 3.10. The Balaban J connectivity index is 1.40. The number of hydrogen-bond donors (Lipinski definition) is 3. The predicted octanol–water partition coefficient (Wildman–Crippen LogP) is 2.06. The summed E-state index contributed by atoms with van der Waals surface area (Å²) in [7, 11) is 1.26. The number of ether oxygens (including phenoxy) is 1. The first-order chi connectivity index (χ1) is 15.8. The third-order valence-electron chi connectivity index (χ3n) is 5.53. The van der Waals surface area contributed by atoms with Crippen molar-refractivity contribution in [3.63, 3.8) is 0 Å². The van der Waals surface area contributed by atoms with Crippen molar-refractivity contribution < 1.29 is 32.7 Å². The van der Waals surface area contributed by atoms with Gasteiger partial charge in [-0.25, -0.2) is 13.6 Å². The quantitative estimate of drug-likeness (QED) is 0.593. The molecule has 2 heterocycles. The van der Waals surface area contributed by atoms with E-state index >= 15 is 0 Å². The molecule has 2 aliphatic rings. The minimum absolute atomic E-state index is 0.0337. The highest BCUT2D eigenvalue weighted by Gasteiger charge is 2.39. The Morgan fingerprint density at radius 3 is 2.67 bits per heavy atom. The second-order valence-electron chi connectivity index (χ2n) is 7.67. The van der Waals surface area contributed by atoms with Crippen LogP contribution in [0, 0.1) is 11.6 Å². The lowest BCUT2D eigenvalue weighted by Gasteiger charge is -2.29. The molecule has 172 valence electrons. The van der Waals surface area contributed by atoms with E-state index in [1.54, 1.807) is 18.2 Å². The van der Waals surface area contributed by atoms with Gasteiger partial charge < -0.3 is 20.3 Å².